The summed E-state index contributed by atoms with van der Waals surface area (Å²) >= 11 is 5.97. The Morgan fingerprint density at radius 1 is 1.16 bits per heavy atom. The first-order valence-corrected chi connectivity index (χ1v) is 11.4. The number of carbonyl (C=O) groups is 2. The van der Waals surface area contributed by atoms with E-state index in [0.717, 1.165) is 23.0 Å². The molecule has 2 amide bonds. The number of allylic oxidation sites excluding steroid dienone is 2. The number of nitrogens with one attached hydrogen (secondary N) is 1. The Kier molecular flexibility index (Phi) is 9.79. The van der Waals surface area contributed by atoms with Gasteiger partial charge < -0.3 is 10.1 Å². The molecule has 2 fully saturated rings. The van der Waals surface area contributed by atoms with E-state index in [2.05, 4.69) is 67.8 Å². The van der Waals surface area contributed by atoms with Crippen molar-refractivity contribution >= 4 is 24.1 Å². The summed E-state index contributed by atoms with van der Waals surface area (Å²) in [5, 5.41) is 4.34. The normalized spacial score (nSPS) is 22.9. The summed E-state index contributed by atoms with van der Waals surface area (Å²) in [5.41, 5.74) is 2.95. The highest BCUT2D eigenvalue weighted by Crippen LogP contribution is 2.33. The first kappa shape index (κ1) is 25.9. The molecule has 7 heteroatoms. The molecule has 2 unspecified atom stereocenters. The number of likely N-dealkylation sites (tertiary alicyclic amines) is 1. The Balaban J connectivity index is 0.000000199. The van der Waals surface area contributed by atoms with Crippen molar-refractivity contribution < 1.29 is 14.3 Å². The molecule has 1 aromatic rings. The van der Waals surface area contributed by atoms with Gasteiger partial charge in [0.25, 0.3) is 0 Å². The smallest absolute Gasteiger partial charge is 0.416 e. The van der Waals surface area contributed by atoms with Gasteiger partial charge in [0.1, 0.15) is 6.61 Å². The number of dihydropyridines is 1. The van der Waals surface area contributed by atoms with Gasteiger partial charge in [0, 0.05) is 35.3 Å². The van der Waals surface area contributed by atoms with Crippen LogP contribution in [0.4, 0.5) is 4.79 Å². The summed E-state index contributed by atoms with van der Waals surface area (Å²) in [6.07, 6.45) is 4.11. The molecule has 4 rings (SSSR count). The first-order chi connectivity index (χ1) is 15.1. The van der Waals surface area contributed by atoms with E-state index in [1.54, 1.807) is 0 Å². The molecule has 1 aromatic carbocycles. The summed E-state index contributed by atoms with van der Waals surface area (Å²) in [7, 11) is 0. The number of carbonyl (C=O) groups excluding carboxylic acids is 2. The number of hydrogen-bond donors (Lipinski definition) is 1. The van der Waals surface area contributed by atoms with E-state index in [1.165, 1.54) is 17.8 Å². The average molecular weight is 462 g/mol. The Morgan fingerprint density at radius 2 is 1.84 bits per heavy atom. The average Bonchev–Trinajstić information content (AvgIpc) is 3.35. The molecule has 0 saturated carbocycles. The summed E-state index contributed by atoms with van der Waals surface area (Å²) < 4.78 is 4.41. The molecule has 0 spiro atoms. The minimum atomic E-state index is -0.542. The van der Waals surface area contributed by atoms with Crippen LogP contribution in [0, 0.1) is 18.8 Å². The van der Waals surface area contributed by atoms with Crippen LogP contribution in [0.15, 0.2) is 53.2 Å². The maximum Gasteiger partial charge on any atom is 0.416 e. The molecule has 3 aliphatic heterocycles. The van der Waals surface area contributed by atoms with Crippen molar-refractivity contribution in [3.63, 3.8) is 0 Å². The van der Waals surface area contributed by atoms with Crippen molar-refractivity contribution in [3.05, 3.63) is 58.8 Å². The number of rotatable bonds is 2. The zero-order valence-corrected chi connectivity index (χ0v) is 20.6. The van der Waals surface area contributed by atoms with Crippen LogP contribution in [0.2, 0.25) is 0 Å². The van der Waals surface area contributed by atoms with Gasteiger partial charge in [0.15, 0.2) is 0 Å². The number of imide groups is 1. The minimum Gasteiger partial charge on any atom is -0.447 e. The van der Waals surface area contributed by atoms with Gasteiger partial charge in [0.05, 0.1) is 13.1 Å². The van der Waals surface area contributed by atoms with Gasteiger partial charge in [-0.05, 0) is 45.8 Å². The van der Waals surface area contributed by atoms with Gasteiger partial charge in [-0.1, -0.05) is 54.4 Å². The number of aryl methyl sites for hydroxylation is 1. The van der Waals surface area contributed by atoms with Crippen LogP contribution in [-0.4, -0.2) is 60.6 Å². The number of nitrogens with zero attached hydrogens (tertiary/aromatic N) is 2. The highest BCUT2D eigenvalue weighted by atomic mass is 35.5. The van der Waals surface area contributed by atoms with Crippen LogP contribution >= 0.6 is 11.6 Å². The van der Waals surface area contributed by atoms with Gasteiger partial charge >= 0.3 is 6.09 Å². The Labute approximate surface area is 197 Å². The van der Waals surface area contributed by atoms with Crippen molar-refractivity contribution in [2.45, 2.75) is 40.2 Å². The van der Waals surface area contributed by atoms with Gasteiger partial charge in [-0.3, -0.25) is 9.69 Å². The topological polar surface area (TPSA) is 61.9 Å². The zero-order chi connectivity index (χ0) is 23.7. The number of amides is 2. The molecule has 0 aromatic heterocycles. The largest absolute Gasteiger partial charge is 0.447 e. The third-order valence-corrected chi connectivity index (χ3v) is 5.99. The molecule has 32 heavy (non-hydrogen) atoms. The molecular weight excluding hydrogens is 426 g/mol. The summed E-state index contributed by atoms with van der Waals surface area (Å²) in [4.78, 5) is 23.7. The monoisotopic (exact) mass is 461 g/mol. The van der Waals surface area contributed by atoms with Crippen LogP contribution in [0.3, 0.4) is 0 Å². The van der Waals surface area contributed by atoms with Crippen molar-refractivity contribution in [1.82, 2.24) is 15.1 Å². The Bertz CT molecular complexity index is 817. The standard InChI is InChI=1S/C14H23ClN2.C7H8.C4H5NO3/c1-10-8-17(14(2,3)4)9-12(10)13-6-5-11(15)7-16-13;1-7-5-3-2-4-6-7;6-3-5-1-2-8-4(5)7/h5-6,10,12,16H,7-9H2,1-4H3;2-6H,1H3;3H,1-2H2. The van der Waals surface area contributed by atoms with E-state index in [4.69, 9.17) is 11.6 Å². The molecule has 2 saturated heterocycles. The highest BCUT2D eigenvalue weighted by Gasteiger charge is 2.37. The van der Waals surface area contributed by atoms with Gasteiger partial charge in [-0.2, -0.15) is 0 Å². The molecule has 0 radical (unpaired) electrons. The van der Waals surface area contributed by atoms with Gasteiger partial charge in [0.2, 0.25) is 6.41 Å². The second-order valence-electron chi connectivity index (χ2n) is 9.32. The van der Waals surface area contributed by atoms with Gasteiger partial charge in [-0.25, -0.2) is 9.69 Å². The lowest BCUT2D eigenvalue weighted by atomic mass is 9.93. The third-order valence-electron chi connectivity index (χ3n) is 5.73. The predicted molar refractivity (Wildman–Crippen MR) is 129 cm³/mol. The van der Waals surface area contributed by atoms with E-state index in [0.29, 0.717) is 31.4 Å². The molecule has 6 nitrogen and oxygen atoms in total. The number of cyclic esters (lactones) is 1. The second kappa shape index (κ2) is 12.1. The third kappa shape index (κ3) is 7.99. The fraction of sp³-hybridized carbons (Fsp3) is 0.520. The lowest BCUT2D eigenvalue weighted by molar-refractivity contribution is -0.115. The number of benzene rings is 1. The lowest BCUT2D eigenvalue weighted by Gasteiger charge is -2.32. The van der Waals surface area contributed by atoms with Crippen LogP contribution in [0.25, 0.3) is 0 Å². The fourth-order valence-electron chi connectivity index (χ4n) is 3.69. The summed E-state index contributed by atoms with van der Waals surface area (Å²) in [5.74, 6) is 1.33. The molecule has 1 N–H and O–H groups in total. The molecule has 176 valence electrons. The summed E-state index contributed by atoms with van der Waals surface area (Å²) in [6.45, 7) is 15.1. The zero-order valence-electron chi connectivity index (χ0n) is 19.8. The van der Waals surface area contributed by atoms with Gasteiger partial charge in [-0.15, -0.1) is 0 Å². The summed E-state index contributed by atoms with van der Waals surface area (Å²) in [6, 6.07) is 10.3. The van der Waals surface area contributed by atoms with Crippen molar-refractivity contribution in [2.24, 2.45) is 11.8 Å². The SMILES string of the molecule is CC1CN(C(C)(C)C)CC1C1=CC=C(Cl)CN1.Cc1ccccc1.O=CN1CCOC1=O. The minimum absolute atomic E-state index is 0.270. The molecule has 2 atom stereocenters. The maximum absolute atomic E-state index is 10.3. The van der Waals surface area contributed by atoms with Crippen LogP contribution in [-0.2, 0) is 9.53 Å². The van der Waals surface area contributed by atoms with E-state index in [-0.39, 0.29) is 5.54 Å². The van der Waals surface area contributed by atoms with E-state index in [9.17, 15) is 9.59 Å². The number of halogens is 1. The van der Waals surface area contributed by atoms with Crippen LogP contribution in [0.5, 0.6) is 0 Å². The second-order valence-corrected chi connectivity index (χ2v) is 9.80. The molecule has 0 bridgehead atoms. The Hall–Kier alpha value is -2.31. The molecular formula is C25H36ClN3O3. The van der Waals surface area contributed by atoms with Crippen LogP contribution < -0.4 is 5.32 Å². The van der Waals surface area contributed by atoms with Crippen molar-refractivity contribution in [1.29, 1.82) is 0 Å². The Morgan fingerprint density at radius 3 is 2.22 bits per heavy atom. The fourth-order valence-corrected chi connectivity index (χ4v) is 3.82. The quantitative estimate of drug-likeness (QED) is 0.654. The highest BCUT2D eigenvalue weighted by molar-refractivity contribution is 6.30. The van der Waals surface area contributed by atoms with Crippen molar-refractivity contribution in [3.8, 4) is 0 Å². The molecule has 0 aliphatic carbocycles. The molecule has 3 aliphatic rings. The van der Waals surface area contributed by atoms with E-state index < -0.39 is 6.09 Å². The lowest BCUT2D eigenvalue weighted by Crippen LogP contribution is -2.40. The predicted octanol–water partition coefficient (Wildman–Crippen LogP) is 4.55. The van der Waals surface area contributed by atoms with Crippen LogP contribution in [0.1, 0.15) is 33.3 Å². The molecule has 3 heterocycles. The number of hydrogen-bond acceptors (Lipinski definition) is 5. The maximum atomic E-state index is 10.3. The van der Waals surface area contributed by atoms with E-state index in [1.807, 2.05) is 24.3 Å². The first-order valence-electron chi connectivity index (χ1n) is 11.1. The van der Waals surface area contributed by atoms with Crippen molar-refractivity contribution in [2.75, 3.05) is 32.8 Å². The number of ether oxygens (including phenoxy) is 1. The van der Waals surface area contributed by atoms with E-state index >= 15 is 0 Å².